The maximum absolute atomic E-state index is 10.3. The molecule has 0 fully saturated rings. The van der Waals surface area contributed by atoms with E-state index in [0.29, 0.717) is 5.56 Å². The topological polar surface area (TPSA) is 63.4 Å². The van der Waals surface area contributed by atoms with Crippen LogP contribution in [-0.2, 0) is 0 Å². The second-order valence-corrected chi connectivity index (χ2v) is 2.53. The maximum Gasteiger partial charge on any atom is 0.269 e. The molecule has 1 aromatic carbocycles. The van der Waals surface area contributed by atoms with Gasteiger partial charge in [0.1, 0.15) is 0 Å². The quantitative estimate of drug-likeness (QED) is 0.538. The van der Waals surface area contributed by atoms with Crippen LogP contribution in [0.5, 0.6) is 0 Å². The van der Waals surface area contributed by atoms with Crippen LogP contribution < -0.4 is 0 Å². The lowest BCUT2D eigenvalue weighted by Crippen LogP contribution is -1.93. The predicted octanol–water partition coefficient (Wildman–Crippen LogP) is 1.65. The molecule has 0 saturated carbocycles. The minimum Gasteiger partial charge on any atom is -0.389 e. The number of non-ortho nitro benzene ring substituents is 1. The van der Waals surface area contributed by atoms with Gasteiger partial charge in [0.15, 0.2) is 0 Å². The van der Waals surface area contributed by atoms with Gasteiger partial charge in [0.2, 0.25) is 0 Å². The van der Waals surface area contributed by atoms with E-state index in [9.17, 15) is 10.1 Å². The molecule has 1 aromatic rings. The summed E-state index contributed by atoms with van der Waals surface area (Å²) in [7, 11) is 0. The van der Waals surface area contributed by atoms with Gasteiger partial charge in [0, 0.05) is 12.1 Å². The van der Waals surface area contributed by atoms with E-state index < -0.39 is 11.0 Å². The smallest absolute Gasteiger partial charge is 0.269 e. The van der Waals surface area contributed by atoms with Gasteiger partial charge in [-0.2, -0.15) is 0 Å². The van der Waals surface area contributed by atoms with Crippen LogP contribution in [0.25, 0.3) is 0 Å². The second-order valence-electron chi connectivity index (χ2n) is 2.53. The normalized spacial score (nSPS) is 12.5. The molecule has 0 aliphatic rings. The van der Waals surface area contributed by atoms with Crippen LogP contribution in [0, 0.1) is 10.1 Å². The lowest BCUT2D eigenvalue weighted by atomic mass is 10.1. The third-order valence-electron chi connectivity index (χ3n) is 1.56. The fraction of sp³-hybridized carbons (Fsp3) is 0.250. The lowest BCUT2D eigenvalue weighted by Gasteiger charge is -2.02. The van der Waals surface area contributed by atoms with Crippen molar-refractivity contribution in [3.8, 4) is 0 Å². The minimum absolute atomic E-state index is 0.00778. The van der Waals surface area contributed by atoms with Crippen molar-refractivity contribution >= 4 is 5.69 Å². The van der Waals surface area contributed by atoms with Crippen LogP contribution in [0.1, 0.15) is 18.6 Å². The van der Waals surface area contributed by atoms with Gasteiger partial charge in [-0.15, -0.1) is 0 Å². The molecule has 4 nitrogen and oxygen atoms in total. The summed E-state index contributed by atoms with van der Waals surface area (Å²) >= 11 is 0. The highest BCUT2D eigenvalue weighted by atomic mass is 16.6. The summed E-state index contributed by atoms with van der Waals surface area (Å²) in [6.45, 7) is 1.57. The van der Waals surface area contributed by atoms with E-state index in [1.165, 1.54) is 12.1 Å². The monoisotopic (exact) mass is 167 g/mol. The first-order valence-corrected chi connectivity index (χ1v) is 3.53. The zero-order chi connectivity index (χ0) is 9.14. The van der Waals surface area contributed by atoms with Gasteiger partial charge in [-0.1, -0.05) is 12.1 Å². The maximum atomic E-state index is 10.3. The molecule has 0 heterocycles. The van der Waals surface area contributed by atoms with Gasteiger partial charge < -0.3 is 5.11 Å². The SMILES string of the molecule is C[C@H](O)c1cccc([N+](=O)[O-])c1. The van der Waals surface area contributed by atoms with Gasteiger partial charge in [-0.3, -0.25) is 10.1 Å². The van der Waals surface area contributed by atoms with Crippen molar-refractivity contribution in [3.63, 3.8) is 0 Å². The first-order valence-electron chi connectivity index (χ1n) is 3.53. The Balaban J connectivity index is 3.04. The Hall–Kier alpha value is -1.42. The van der Waals surface area contributed by atoms with E-state index >= 15 is 0 Å². The second kappa shape index (κ2) is 3.32. The third-order valence-corrected chi connectivity index (χ3v) is 1.56. The molecule has 64 valence electrons. The Labute approximate surface area is 69.6 Å². The number of rotatable bonds is 2. The summed E-state index contributed by atoms with van der Waals surface area (Å²) in [6, 6.07) is 5.97. The van der Waals surface area contributed by atoms with Crippen molar-refractivity contribution in [2.75, 3.05) is 0 Å². The number of nitro benzene ring substituents is 1. The van der Waals surface area contributed by atoms with Crippen LogP contribution in [-0.4, -0.2) is 10.0 Å². The molecule has 0 amide bonds. The fourth-order valence-corrected chi connectivity index (χ4v) is 0.898. The molecular weight excluding hydrogens is 158 g/mol. The van der Waals surface area contributed by atoms with E-state index in [0.717, 1.165) is 0 Å². The van der Waals surface area contributed by atoms with E-state index in [-0.39, 0.29) is 5.69 Å². The summed E-state index contributed by atoms with van der Waals surface area (Å²) < 4.78 is 0. The Kier molecular flexibility index (Phi) is 2.40. The predicted molar refractivity (Wildman–Crippen MR) is 43.7 cm³/mol. The lowest BCUT2D eigenvalue weighted by molar-refractivity contribution is -0.385. The van der Waals surface area contributed by atoms with E-state index in [1.807, 2.05) is 0 Å². The van der Waals surface area contributed by atoms with Crippen molar-refractivity contribution in [1.29, 1.82) is 0 Å². The van der Waals surface area contributed by atoms with Gasteiger partial charge in [0.05, 0.1) is 11.0 Å². The summed E-state index contributed by atoms with van der Waals surface area (Å²) in [6.07, 6.45) is -0.662. The van der Waals surface area contributed by atoms with Gasteiger partial charge in [0.25, 0.3) is 5.69 Å². The van der Waals surface area contributed by atoms with Gasteiger partial charge in [-0.25, -0.2) is 0 Å². The Morgan fingerprint density at radius 2 is 2.25 bits per heavy atom. The Bertz CT molecular complexity index is 296. The first-order chi connectivity index (χ1) is 5.61. The fourth-order valence-electron chi connectivity index (χ4n) is 0.898. The van der Waals surface area contributed by atoms with Crippen molar-refractivity contribution < 1.29 is 10.0 Å². The zero-order valence-corrected chi connectivity index (χ0v) is 6.60. The Morgan fingerprint density at radius 3 is 2.75 bits per heavy atom. The van der Waals surface area contributed by atoms with Crippen LogP contribution in [0.2, 0.25) is 0 Å². The molecule has 1 atom stereocenters. The molecule has 1 N–H and O–H groups in total. The van der Waals surface area contributed by atoms with Crippen molar-refractivity contribution in [1.82, 2.24) is 0 Å². The molecule has 12 heavy (non-hydrogen) atoms. The summed E-state index contributed by atoms with van der Waals surface area (Å²) in [5.41, 5.74) is 0.567. The van der Waals surface area contributed by atoms with Crippen LogP contribution in [0.15, 0.2) is 24.3 Å². The number of hydrogen-bond acceptors (Lipinski definition) is 3. The van der Waals surface area contributed by atoms with Crippen molar-refractivity contribution in [3.05, 3.63) is 39.9 Å². The summed E-state index contributed by atoms with van der Waals surface area (Å²) in [5, 5.41) is 19.4. The number of benzene rings is 1. The Morgan fingerprint density at radius 1 is 1.58 bits per heavy atom. The van der Waals surface area contributed by atoms with Crippen molar-refractivity contribution in [2.24, 2.45) is 0 Å². The molecular formula is C8H9NO3. The number of aliphatic hydroxyl groups is 1. The molecule has 0 aliphatic heterocycles. The standard InChI is InChI=1S/C8H9NO3/c1-6(10)7-3-2-4-8(5-7)9(11)12/h2-6,10H,1H3/t6-/m0/s1. The molecule has 0 aromatic heterocycles. The molecule has 0 saturated heterocycles. The molecule has 0 spiro atoms. The zero-order valence-electron chi connectivity index (χ0n) is 6.60. The highest BCUT2D eigenvalue weighted by molar-refractivity contribution is 5.34. The largest absolute Gasteiger partial charge is 0.389 e. The molecule has 0 radical (unpaired) electrons. The molecule has 0 bridgehead atoms. The average molecular weight is 167 g/mol. The molecule has 1 rings (SSSR count). The number of aliphatic hydroxyl groups excluding tert-OH is 1. The first kappa shape index (κ1) is 8.67. The van der Waals surface area contributed by atoms with Gasteiger partial charge in [-0.05, 0) is 12.5 Å². The number of hydrogen-bond donors (Lipinski definition) is 1. The number of nitro groups is 1. The number of nitrogens with zero attached hydrogens (tertiary/aromatic N) is 1. The summed E-state index contributed by atoms with van der Waals surface area (Å²) in [4.78, 5) is 9.82. The third kappa shape index (κ3) is 1.79. The van der Waals surface area contributed by atoms with Crippen LogP contribution in [0.4, 0.5) is 5.69 Å². The molecule has 0 unspecified atom stereocenters. The van der Waals surface area contributed by atoms with Crippen molar-refractivity contribution in [2.45, 2.75) is 13.0 Å². The van der Waals surface area contributed by atoms with Crippen LogP contribution in [0.3, 0.4) is 0 Å². The highest BCUT2D eigenvalue weighted by Crippen LogP contribution is 2.18. The van der Waals surface area contributed by atoms with Gasteiger partial charge >= 0.3 is 0 Å². The van der Waals surface area contributed by atoms with Crippen LogP contribution >= 0.6 is 0 Å². The average Bonchev–Trinajstić information content (AvgIpc) is 2.04. The molecule has 0 aliphatic carbocycles. The van der Waals surface area contributed by atoms with E-state index in [4.69, 9.17) is 5.11 Å². The highest BCUT2D eigenvalue weighted by Gasteiger charge is 2.07. The van der Waals surface area contributed by atoms with E-state index in [1.54, 1.807) is 19.1 Å². The molecule has 4 heteroatoms. The summed E-state index contributed by atoms with van der Waals surface area (Å²) in [5.74, 6) is 0. The van der Waals surface area contributed by atoms with E-state index in [2.05, 4.69) is 0 Å². The minimum atomic E-state index is -0.662.